The van der Waals surface area contributed by atoms with Crippen molar-refractivity contribution in [1.82, 2.24) is 20.1 Å². The van der Waals surface area contributed by atoms with Crippen LogP contribution < -0.4 is 0 Å². The molecule has 2 aromatic heterocycles. The van der Waals surface area contributed by atoms with Gasteiger partial charge in [-0.15, -0.1) is 0 Å². The lowest BCUT2D eigenvalue weighted by Crippen LogP contribution is -2.29. The van der Waals surface area contributed by atoms with Crippen LogP contribution in [0.1, 0.15) is 33.2 Å². The molecule has 0 spiro atoms. The molecule has 1 atom stereocenters. The van der Waals surface area contributed by atoms with Gasteiger partial charge < -0.3 is 4.90 Å². The summed E-state index contributed by atoms with van der Waals surface area (Å²) in [5.41, 5.74) is 4.27. The molecule has 1 aliphatic rings. The van der Waals surface area contributed by atoms with E-state index in [4.69, 9.17) is 11.6 Å². The highest BCUT2D eigenvalue weighted by atomic mass is 35.5. The van der Waals surface area contributed by atoms with Gasteiger partial charge in [-0.1, -0.05) is 35.9 Å². The first kappa shape index (κ1) is 18.5. The van der Waals surface area contributed by atoms with Crippen molar-refractivity contribution in [3.05, 3.63) is 106 Å². The number of carbonyl (C=O) groups is 1. The number of nitrogens with one attached hydrogen (secondary N) is 1. The van der Waals surface area contributed by atoms with Crippen molar-refractivity contribution in [3.63, 3.8) is 0 Å². The molecule has 2 aromatic carbocycles. The third kappa shape index (κ3) is 3.15. The highest BCUT2D eigenvalue weighted by molar-refractivity contribution is 6.30. The normalized spacial score (nSPS) is 15.5. The Morgan fingerprint density at radius 2 is 1.83 bits per heavy atom. The van der Waals surface area contributed by atoms with Crippen LogP contribution in [0.3, 0.4) is 0 Å². The first-order valence-electron chi connectivity index (χ1n) is 9.41. The first-order chi connectivity index (χ1) is 14.6. The number of rotatable bonds is 4. The second-order valence-corrected chi connectivity index (χ2v) is 7.55. The molecule has 5 rings (SSSR count). The van der Waals surface area contributed by atoms with Crippen molar-refractivity contribution in [3.8, 4) is 11.3 Å². The Kier molecular flexibility index (Phi) is 4.56. The molecule has 0 saturated carbocycles. The van der Waals surface area contributed by atoms with Gasteiger partial charge in [-0.25, -0.2) is 4.39 Å². The number of aromatic amines is 1. The van der Waals surface area contributed by atoms with Crippen LogP contribution in [0.25, 0.3) is 11.3 Å². The van der Waals surface area contributed by atoms with Crippen LogP contribution in [-0.2, 0) is 6.54 Å². The van der Waals surface area contributed by atoms with Crippen molar-refractivity contribution in [2.24, 2.45) is 0 Å². The zero-order valence-corrected chi connectivity index (χ0v) is 16.5. The number of nitrogens with zero attached hydrogens (tertiary/aromatic N) is 3. The summed E-state index contributed by atoms with van der Waals surface area (Å²) in [4.78, 5) is 19.1. The standard InChI is InChI=1S/C23H16ClFN4O/c24-17-6-4-15(5-7-17)20-19-21(28-27-20)23(30)29(13-14-8-10-26-11-9-14)22(19)16-2-1-3-18(25)12-16/h1-12,22H,13H2,(H,27,28). The van der Waals surface area contributed by atoms with E-state index >= 15 is 0 Å². The summed E-state index contributed by atoms with van der Waals surface area (Å²) in [5.74, 6) is -0.530. The summed E-state index contributed by atoms with van der Waals surface area (Å²) >= 11 is 6.03. The van der Waals surface area contributed by atoms with Gasteiger partial charge in [0.1, 0.15) is 11.5 Å². The quantitative estimate of drug-likeness (QED) is 0.506. The van der Waals surface area contributed by atoms with Crippen LogP contribution >= 0.6 is 11.6 Å². The first-order valence-corrected chi connectivity index (χ1v) is 9.79. The Bertz CT molecular complexity index is 1220. The number of halogens is 2. The van der Waals surface area contributed by atoms with Crippen molar-refractivity contribution in [2.45, 2.75) is 12.6 Å². The smallest absolute Gasteiger partial charge is 0.273 e. The molecule has 1 aliphatic heterocycles. The Morgan fingerprint density at radius 3 is 2.57 bits per heavy atom. The lowest BCUT2D eigenvalue weighted by Gasteiger charge is -2.26. The van der Waals surface area contributed by atoms with E-state index in [1.54, 1.807) is 35.5 Å². The monoisotopic (exact) mass is 418 g/mol. The maximum absolute atomic E-state index is 14.1. The fraction of sp³-hybridized carbons (Fsp3) is 0.0870. The number of hydrogen-bond acceptors (Lipinski definition) is 3. The summed E-state index contributed by atoms with van der Waals surface area (Å²) in [5, 5.41) is 7.92. The number of pyridine rings is 1. The van der Waals surface area contributed by atoms with E-state index in [9.17, 15) is 9.18 Å². The third-order valence-electron chi connectivity index (χ3n) is 5.25. The number of aromatic nitrogens is 3. The average molecular weight is 419 g/mol. The lowest BCUT2D eigenvalue weighted by atomic mass is 9.96. The molecule has 148 valence electrons. The zero-order chi connectivity index (χ0) is 20.7. The molecule has 3 heterocycles. The van der Waals surface area contributed by atoms with Crippen molar-refractivity contribution in [2.75, 3.05) is 0 Å². The van der Waals surface area contributed by atoms with Crippen LogP contribution in [-0.4, -0.2) is 26.0 Å². The van der Waals surface area contributed by atoms with Gasteiger partial charge in [0.2, 0.25) is 0 Å². The average Bonchev–Trinajstić information content (AvgIpc) is 3.29. The van der Waals surface area contributed by atoms with Crippen molar-refractivity contribution in [1.29, 1.82) is 0 Å². The van der Waals surface area contributed by atoms with E-state index in [0.717, 1.165) is 16.7 Å². The van der Waals surface area contributed by atoms with Crippen molar-refractivity contribution < 1.29 is 9.18 Å². The topological polar surface area (TPSA) is 61.9 Å². The second-order valence-electron chi connectivity index (χ2n) is 7.11. The molecule has 0 fully saturated rings. The van der Waals surface area contributed by atoms with Crippen LogP contribution in [0.5, 0.6) is 0 Å². The Hall–Kier alpha value is -3.51. The molecule has 0 saturated heterocycles. The fourth-order valence-corrected chi connectivity index (χ4v) is 4.02. The minimum Gasteiger partial charge on any atom is -0.322 e. The molecular weight excluding hydrogens is 403 g/mol. The van der Waals surface area contributed by atoms with Gasteiger partial charge >= 0.3 is 0 Å². The molecule has 7 heteroatoms. The molecule has 0 bridgehead atoms. The Morgan fingerprint density at radius 1 is 1.07 bits per heavy atom. The van der Waals surface area contributed by atoms with Gasteiger partial charge in [0.15, 0.2) is 0 Å². The minimum absolute atomic E-state index is 0.177. The van der Waals surface area contributed by atoms with Crippen LogP contribution in [0, 0.1) is 5.82 Å². The highest BCUT2D eigenvalue weighted by Crippen LogP contribution is 2.43. The molecule has 0 aliphatic carbocycles. The summed E-state index contributed by atoms with van der Waals surface area (Å²) in [6, 6.07) is 16.9. The molecule has 0 radical (unpaired) electrons. The number of fused-ring (bicyclic) bond motifs is 1. The number of H-pyrrole nitrogens is 1. The zero-order valence-electron chi connectivity index (χ0n) is 15.7. The van der Waals surface area contributed by atoms with E-state index in [1.165, 1.54) is 12.1 Å². The van der Waals surface area contributed by atoms with Crippen LogP contribution in [0.2, 0.25) is 5.02 Å². The molecule has 1 unspecified atom stereocenters. The SMILES string of the molecule is O=C1c2[nH]nc(-c3ccc(Cl)cc3)c2C(c2cccc(F)c2)N1Cc1ccncc1. The molecule has 5 nitrogen and oxygen atoms in total. The minimum atomic E-state index is -0.471. The fourth-order valence-electron chi connectivity index (χ4n) is 3.90. The van der Waals surface area contributed by atoms with Crippen molar-refractivity contribution >= 4 is 17.5 Å². The summed E-state index contributed by atoms with van der Waals surface area (Å²) in [6.45, 7) is 0.366. The second kappa shape index (κ2) is 7.39. The van der Waals surface area contributed by atoms with Gasteiger partial charge in [-0.05, 0) is 47.5 Å². The predicted octanol–water partition coefficient (Wildman–Crippen LogP) is 5.01. The van der Waals surface area contributed by atoms with E-state index < -0.39 is 6.04 Å². The van der Waals surface area contributed by atoms with Crippen LogP contribution in [0.4, 0.5) is 4.39 Å². The molecule has 4 aromatic rings. The molecule has 1 N–H and O–H groups in total. The van der Waals surface area contributed by atoms with E-state index in [0.29, 0.717) is 28.5 Å². The van der Waals surface area contributed by atoms with Gasteiger partial charge in [0.25, 0.3) is 5.91 Å². The Balaban J connectivity index is 1.66. The molecule has 1 amide bonds. The van der Waals surface area contributed by atoms with Gasteiger partial charge in [0.05, 0.1) is 11.7 Å². The maximum atomic E-state index is 14.1. The van der Waals surface area contributed by atoms with Gasteiger partial charge in [0, 0.05) is 35.1 Å². The largest absolute Gasteiger partial charge is 0.322 e. The number of amides is 1. The summed E-state index contributed by atoms with van der Waals surface area (Å²) in [7, 11) is 0. The van der Waals surface area contributed by atoms with Crippen LogP contribution in [0.15, 0.2) is 73.1 Å². The third-order valence-corrected chi connectivity index (χ3v) is 5.50. The van der Waals surface area contributed by atoms with E-state index in [2.05, 4.69) is 15.2 Å². The summed E-state index contributed by atoms with van der Waals surface area (Å²) < 4.78 is 14.1. The number of carbonyl (C=O) groups excluding carboxylic acids is 1. The number of hydrogen-bond donors (Lipinski definition) is 1. The molecular formula is C23H16ClFN4O. The maximum Gasteiger partial charge on any atom is 0.273 e. The highest BCUT2D eigenvalue weighted by Gasteiger charge is 2.42. The van der Waals surface area contributed by atoms with E-state index in [-0.39, 0.29) is 11.7 Å². The van der Waals surface area contributed by atoms with E-state index in [1.807, 2.05) is 30.3 Å². The predicted molar refractivity (Wildman–Crippen MR) is 111 cm³/mol. The lowest BCUT2D eigenvalue weighted by molar-refractivity contribution is 0.0729. The molecule has 30 heavy (non-hydrogen) atoms. The van der Waals surface area contributed by atoms with Gasteiger partial charge in [-0.3, -0.25) is 14.9 Å². The summed E-state index contributed by atoms with van der Waals surface area (Å²) in [6.07, 6.45) is 3.38. The number of benzene rings is 2. The Labute approximate surface area is 177 Å². The van der Waals surface area contributed by atoms with Gasteiger partial charge in [-0.2, -0.15) is 5.10 Å².